The van der Waals surface area contributed by atoms with Gasteiger partial charge in [-0.05, 0) is 48.9 Å². The van der Waals surface area contributed by atoms with Crippen molar-refractivity contribution in [3.8, 4) is 5.75 Å². The topological polar surface area (TPSA) is 40.1 Å². The van der Waals surface area contributed by atoms with Crippen molar-refractivity contribution in [2.24, 2.45) is 4.99 Å². The molecule has 0 spiro atoms. The molecule has 1 fully saturated rings. The van der Waals surface area contributed by atoms with Crippen LogP contribution in [0.15, 0.2) is 53.3 Å². The highest BCUT2D eigenvalue weighted by molar-refractivity contribution is 6.00. The number of allylic oxidation sites excluding steroid dienone is 1. The highest BCUT2D eigenvalue weighted by Crippen LogP contribution is 2.27. The van der Waals surface area contributed by atoms with Crippen LogP contribution in [0.5, 0.6) is 5.75 Å². The maximum Gasteiger partial charge on any atom is 0.133 e. The van der Waals surface area contributed by atoms with Gasteiger partial charge in [0.15, 0.2) is 0 Å². The minimum atomic E-state index is 0.846. The van der Waals surface area contributed by atoms with Crippen molar-refractivity contribution >= 4 is 11.5 Å². The van der Waals surface area contributed by atoms with E-state index >= 15 is 0 Å². The molecule has 3 aliphatic rings. The van der Waals surface area contributed by atoms with Crippen molar-refractivity contribution in [3.63, 3.8) is 0 Å². The van der Waals surface area contributed by atoms with Gasteiger partial charge in [0.2, 0.25) is 0 Å². The molecular weight excluding hydrogens is 312 g/mol. The van der Waals surface area contributed by atoms with Crippen molar-refractivity contribution in [3.05, 3.63) is 59.5 Å². The van der Waals surface area contributed by atoms with Crippen LogP contribution in [0.2, 0.25) is 0 Å². The van der Waals surface area contributed by atoms with Gasteiger partial charge >= 0.3 is 0 Å². The van der Waals surface area contributed by atoms with Gasteiger partial charge in [-0.2, -0.15) is 0 Å². The molecule has 1 aromatic carbocycles. The van der Waals surface area contributed by atoms with Gasteiger partial charge in [-0.25, -0.2) is 4.99 Å². The van der Waals surface area contributed by atoms with E-state index < -0.39 is 0 Å². The van der Waals surface area contributed by atoms with Crippen molar-refractivity contribution in [1.82, 2.24) is 15.1 Å². The van der Waals surface area contributed by atoms with E-state index in [1.165, 1.54) is 5.70 Å². The second kappa shape index (κ2) is 6.76. The predicted molar refractivity (Wildman–Crippen MR) is 102 cm³/mol. The molecule has 4 rings (SSSR count). The van der Waals surface area contributed by atoms with Gasteiger partial charge in [0.05, 0.1) is 18.5 Å². The van der Waals surface area contributed by atoms with Crippen LogP contribution in [0.1, 0.15) is 11.1 Å². The normalized spacial score (nSPS) is 19.8. The first-order chi connectivity index (χ1) is 12.2. The Morgan fingerprint density at radius 3 is 2.76 bits per heavy atom. The molecule has 0 amide bonds. The summed E-state index contributed by atoms with van der Waals surface area (Å²) in [5.41, 5.74) is 4.57. The first kappa shape index (κ1) is 16.0. The fourth-order valence-electron chi connectivity index (χ4n) is 3.46. The van der Waals surface area contributed by atoms with E-state index in [9.17, 15) is 0 Å². The second-order valence-electron chi connectivity index (χ2n) is 6.52. The van der Waals surface area contributed by atoms with E-state index in [2.05, 4.69) is 58.6 Å². The highest BCUT2D eigenvalue weighted by Gasteiger charge is 2.20. The molecule has 0 atom stereocenters. The standard InChI is InChI=1S/C20H24N4O/c1-15-13-16(3-5-19(15)25-2)18-7-10-24-14-17(4-6-20(24)22-18)23-11-8-21-9-12-23/h3-7,13-14,21H,8-12H2,1-2H3. The van der Waals surface area contributed by atoms with Crippen LogP contribution in [-0.4, -0.2) is 55.5 Å². The van der Waals surface area contributed by atoms with Crippen LogP contribution in [0.3, 0.4) is 0 Å². The molecule has 0 unspecified atom stereocenters. The zero-order valence-electron chi connectivity index (χ0n) is 14.8. The maximum absolute atomic E-state index is 5.35. The molecule has 5 heteroatoms. The summed E-state index contributed by atoms with van der Waals surface area (Å²) in [6.45, 7) is 7.12. The number of ether oxygens (including phenoxy) is 1. The van der Waals surface area contributed by atoms with Gasteiger partial charge in [0.25, 0.3) is 0 Å². The summed E-state index contributed by atoms with van der Waals surface area (Å²) >= 11 is 0. The number of nitrogens with zero attached hydrogens (tertiary/aromatic N) is 3. The Kier molecular flexibility index (Phi) is 4.32. The lowest BCUT2D eigenvalue weighted by molar-refractivity contribution is 0.302. The van der Waals surface area contributed by atoms with Crippen LogP contribution in [-0.2, 0) is 0 Å². The van der Waals surface area contributed by atoms with Crippen molar-refractivity contribution in [2.45, 2.75) is 6.92 Å². The molecule has 130 valence electrons. The average molecular weight is 336 g/mol. The first-order valence-electron chi connectivity index (χ1n) is 8.81. The largest absolute Gasteiger partial charge is 0.496 e. The third kappa shape index (κ3) is 3.20. The van der Waals surface area contributed by atoms with E-state index in [0.717, 1.165) is 61.1 Å². The van der Waals surface area contributed by atoms with Crippen molar-refractivity contribution in [2.75, 3.05) is 39.8 Å². The van der Waals surface area contributed by atoms with E-state index in [1.807, 2.05) is 6.07 Å². The number of benzene rings is 1. The first-order valence-corrected chi connectivity index (χ1v) is 8.81. The minimum absolute atomic E-state index is 0.846. The summed E-state index contributed by atoms with van der Waals surface area (Å²) < 4.78 is 5.35. The molecular formula is C20H24N4O. The molecule has 1 aromatic rings. The molecule has 3 heterocycles. The monoisotopic (exact) mass is 336 g/mol. The smallest absolute Gasteiger partial charge is 0.133 e. The molecule has 0 bridgehead atoms. The summed E-state index contributed by atoms with van der Waals surface area (Å²) in [5.74, 6) is 1.92. The Morgan fingerprint density at radius 1 is 1.16 bits per heavy atom. The third-order valence-electron chi connectivity index (χ3n) is 4.87. The number of hydrogen-bond donors (Lipinski definition) is 1. The van der Waals surface area contributed by atoms with E-state index in [4.69, 9.17) is 9.73 Å². The minimum Gasteiger partial charge on any atom is -0.496 e. The number of amidine groups is 1. The van der Waals surface area contributed by atoms with Crippen LogP contribution >= 0.6 is 0 Å². The maximum atomic E-state index is 5.35. The molecule has 1 N–H and O–H groups in total. The SMILES string of the molecule is COc1ccc(C2=CCN3C=C(N4CCNCC4)C=CC3=N2)cc1C. The lowest BCUT2D eigenvalue weighted by Gasteiger charge is -2.34. The molecule has 0 aliphatic carbocycles. The Bertz CT molecular complexity index is 785. The Balaban J connectivity index is 1.53. The molecule has 1 saturated heterocycles. The van der Waals surface area contributed by atoms with Crippen LogP contribution in [0, 0.1) is 6.92 Å². The van der Waals surface area contributed by atoms with Gasteiger partial charge in [0.1, 0.15) is 11.6 Å². The fourth-order valence-corrected chi connectivity index (χ4v) is 3.46. The van der Waals surface area contributed by atoms with Gasteiger partial charge < -0.3 is 19.9 Å². The van der Waals surface area contributed by atoms with E-state index in [-0.39, 0.29) is 0 Å². The number of methoxy groups -OCH3 is 1. The number of nitrogens with one attached hydrogen (secondary N) is 1. The van der Waals surface area contributed by atoms with Crippen molar-refractivity contribution in [1.29, 1.82) is 0 Å². The Hall–Kier alpha value is -2.53. The van der Waals surface area contributed by atoms with Crippen molar-refractivity contribution < 1.29 is 4.74 Å². The number of rotatable bonds is 3. The number of piperazine rings is 1. The average Bonchev–Trinajstić information content (AvgIpc) is 2.68. The highest BCUT2D eigenvalue weighted by atomic mass is 16.5. The summed E-state index contributed by atoms with van der Waals surface area (Å²) in [4.78, 5) is 9.50. The van der Waals surface area contributed by atoms with Crippen LogP contribution < -0.4 is 10.1 Å². The summed E-state index contributed by atoms with van der Waals surface area (Å²) in [7, 11) is 1.70. The quantitative estimate of drug-likeness (QED) is 0.920. The summed E-state index contributed by atoms with van der Waals surface area (Å²) in [6, 6.07) is 6.22. The fraction of sp³-hybridized carbons (Fsp3) is 0.350. The molecule has 0 radical (unpaired) electrons. The molecule has 25 heavy (non-hydrogen) atoms. The van der Waals surface area contributed by atoms with Gasteiger partial charge in [-0.15, -0.1) is 0 Å². The zero-order chi connectivity index (χ0) is 17.2. The van der Waals surface area contributed by atoms with Gasteiger partial charge in [0, 0.05) is 44.5 Å². The summed E-state index contributed by atoms with van der Waals surface area (Å²) in [5, 5.41) is 3.40. The Morgan fingerprint density at radius 2 is 2.00 bits per heavy atom. The predicted octanol–water partition coefficient (Wildman–Crippen LogP) is 2.38. The van der Waals surface area contributed by atoms with Gasteiger partial charge in [-0.1, -0.05) is 0 Å². The number of aliphatic imine (C=N–C) groups is 1. The number of fused-ring (bicyclic) bond motifs is 1. The molecule has 0 saturated carbocycles. The second-order valence-corrected chi connectivity index (χ2v) is 6.52. The lowest BCUT2D eigenvalue weighted by atomic mass is 10.1. The lowest BCUT2D eigenvalue weighted by Crippen LogP contribution is -2.44. The van der Waals surface area contributed by atoms with Crippen LogP contribution in [0.25, 0.3) is 5.70 Å². The van der Waals surface area contributed by atoms with E-state index in [1.54, 1.807) is 7.11 Å². The number of hydrogen-bond acceptors (Lipinski definition) is 5. The van der Waals surface area contributed by atoms with Crippen LogP contribution in [0.4, 0.5) is 0 Å². The summed E-state index contributed by atoms with van der Waals surface area (Å²) in [6.07, 6.45) is 8.72. The zero-order valence-corrected chi connectivity index (χ0v) is 14.8. The molecule has 5 nitrogen and oxygen atoms in total. The number of aryl methyl sites for hydroxylation is 1. The van der Waals surface area contributed by atoms with E-state index in [0.29, 0.717) is 0 Å². The Labute approximate surface area is 149 Å². The third-order valence-corrected chi connectivity index (χ3v) is 4.87. The molecule has 3 aliphatic heterocycles. The molecule has 0 aromatic heterocycles. The van der Waals surface area contributed by atoms with Gasteiger partial charge in [-0.3, -0.25) is 0 Å².